The molecule has 1 heterocycles. The molecule has 0 aliphatic heterocycles. The molecule has 0 spiro atoms. The molecule has 2 aromatic rings. The van der Waals surface area contributed by atoms with Crippen molar-refractivity contribution in [3.05, 3.63) is 47.5 Å². The Morgan fingerprint density at radius 2 is 1.79 bits per heavy atom. The number of hydrogen-bond acceptors (Lipinski definition) is 4. The van der Waals surface area contributed by atoms with Crippen LogP contribution in [0, 0.1) is 11.6 Å². The number of nitrogens with zero attached hydrogens (tertiary/aromatic N) is 2. The van der Waals surface area contributed by atoms with E-state index in [4.69, 9.17) is 11.6 Å². The van der Waals surface area contributed by atoms with Crippen molar-refractivity contribution in [2.75, 3.05) is 4.72 Å². The van der Waals surface area contributed by atoms with Crippen molar-refractivity contribution < 1.29 is 17.2 Å². The maximum Gasteiger partial charge on any atom is 0.265 e. The van der Waals surface area contributed by atoms with Gasteiger partial charge < -0.3 is 0 Å². The summed E-state index contributed by atoms with van der Waals surface area (Å²) in [6, 6.07) is 2.41. The maximum absolute atomic E-state index is 13.3. The molecule has 100 valence electrons. The molecule has 0 saturated heterocycles. The van der Waals surface area contributed by atoms with Crippen molar-refractivity contribution in [3.8, 4) is 0 Å². The van der Waals surface area contributed by atoms with E-state index in [1.807, 2.05) is 4.72 Å². The molecule has 19 heavy (non-hydrogen) atoms. The number of hydrogen-bond donors (Lipinski definition) is 1. The van der Waals surface area contributed by atoms with Gasteiger partial charge in [0, 0.05) is 6.07 Å². The molecule has 0 amide bonds. The van der Waals surface area contributed by atoms with Crippen LogP contribution in [0.5, 0.6) is 0 Å². The van der Waals surface area contributed by atoms with E-state index in [9.17, 15) is 17.2 Å². The van der Waals surface area contributed by atoms with E-state index in [0.717, 1.165) is 30.6 Å². The molecule has 1 aromatic carbocycles. The Balaban J connectivity index is 2.36. The fourth-order valence-corrected chi connectivity index (χ4v) is 2.26. The molecule has 0 saturated carbocycles. The molecule has 9 heteroatoms. The fourth-order valence-electron chi connectivity index (χ4n) is 1.22. The van der Waals surface area contributed by atoms with Gasteiger partial charge in [0.25, 0.3) is 10.0 Å². The van der Waals surface area contributed by atoms with Crippen LogP contribution in [0.4, 0.5) is 14.5 Å². The van der Waals surface area contributed by atoms with Gasteiger partial charge in [-0.1, -0.05) is 0 Å². The fraction of sp³-hybridized carbons (Fsp3) is 0. The van der Waals surface area contributed by atoms with Gasteiger partial charge in [0.05, 0.1) is 18.1 Å². The largest absolute Gasteiger partial charge is 0.276 e. The SMILES string of the molecule is O=S(=O)(Nc1cc(F)ccc1F)c1cnc(Cl)nc1. The molecule has 0 fully saturated rings. The zero-order valence-electron chi connectivity index (χ0n) is 9.14. The third kappa shape index (κ3) is 3.15. The predicted octanol–water partition coefficient (Wildman–Crippen LogP) is 2.21. The van der Waals surface area contributed by atoms with Crippen molar-refractivity contribution in [3.63, 3.8) is 0 Å². The topological polar surface area (TPSA) is 72.0 Å². The maximum atomic E-state index is 13.3. The summed E-state index contributed by atoms with van der Waals surface area (Å²) >= 11 is 5.42. The molecule has 5 nitrogen and oxygen atoms in total. The van der Waals surface area contributed by atoms with Gasteiger partial charge in [-0.2, -0.15) is 0 Å². The Kier molecular flexibility index (Phi) is 3.63. The van der Waals surface area contributed by atoms with Gasteiger partial charge in [-0.25, -0.2) is 27.2 Å². The van der Waals surface area contributed by atoms with Gasteiger partial charge >= 0.3 is 0 Å². The smallest absolute Gasteiger partial charge is 0.265 e. The number of nitrogens with one attached hydrogen (secondary N) is 1. The third-order valence-corrected chi connectivity index (χ3v) is 3.59. The number of anilines is 1. The van der Waals surface area contributed by atoms with E-state index < -0.39 is 27.3 Å². The average Bonchev–Trinajstić information content (AvgIpc) is 2.34. The van der Waals surface area contributed by atoms with Crippen LogP contribution in [0.2, 0.25) is 5.28 Å². The van der Waals surface area contributed by atoms with E-state index in [1.54, 1.807) is 0 Å². The highest BCUT2D eigenvalue weighted by molar-refractivity contribution is 7.92. The van der Waals surface area contributed by atoms with Gasteiger partial charge in [-0.05, 0) is 23.7 Å². The highest BCUT2D eigenvalue weighted by atomic mass is 35.5. The number of rotatable bonds is 3. The normalized spacial score (nSPS) is 11.3. The monoisotopic (exact) mass is 305 g/mol. The average molecular weight is 306 g/mol. The highest BCUT2D eigenvalue weighted by Gasteiger charge is 2.17. The Bertz CT molecular complexity index is 707. The summed E-state index contributed by atoms with van der Waals surface area (Å²) in [6.45, 7) is 0. The molecule has 0 radical (unpaired) electrons. The van der Waals surface area contributed by atoms with Crippen LogP contribution < -0.4 is 4.72 Å². The summed E-state index contributed by atoms with van der Waals surface area (Å²) in [5.41, 5.74) is -0.505. The van der Waals surface area contributed by atoms with Gasteiger partial charge in [-0.3, -0.25) is 4.72 Å². The van der Waals surface area contributed by atoms with Crippen molar-refractivity contribution in [1.29, 1.82) is 0 Å². The Hall–Kier alpha value is -1.80. The molecule has 1 aromatic heterocycles. The first-order valence-electron chi connectivity index (χ1n) is 4.84. The molecular formula is C10H6ClF2N3O2S. The molecule has 1 N–H and O–H groups in total. The van der Waals surface area contributed by atoms with Crippen molar-refractivity contribution in [1.82, 2.24) is 9.97 Å². The lowest BCUT2D eigenvalue weighted by Gasteiger charge is -2.08. The summed E-state index contributed by atoms with van der Waals surface area (Å²) in [6.07, 6.45) is 1.91. The van der Waals surface area contributed by atoms with Crippen molar-refractivity contribution in [2.24, 2.45) is 0 Å². The molecule has 2 rings (SSSR count). The Labute approximate surface area is 112 Å². The summed E-state index contributed by atoms with van der Waals surface area (Å²) < 4.78 is 51.9. The molecule has 0 unspecified atom stereocenters. The van der Waals surface area contributed by atoms with Crippen LogP contribution in [0.1, 0.15) is 0 Å². The van der Waals surface area contributed by atoms with E-state index in [0.29, 0.717) is 0 Å². The molecule has 0 atom stereocenters. The Morgan fingerprint density at radius 3 is 2.42 bits per heavy atom. The lowest BCUT2D eigenvalue weighted by molar-refractivity contribution is 0.594. The number of halogens is 3. The summed E-state index contributed by atoms with van der Waals surface area (Å²) in [5.74, 6) is -1.67. The summed E-state index contributed by atoms with van der Waals surface area (Å²) in [7, 11) is -4.11. The first-order chi connectivity index (χ1) is 8.88. The predicted molar refractivity (Wildman–Crippen MR) is 64.2 cm³/mol. The minimum atomic E-state index is -4.11. The van der Waals surface area contributed by atoms with Gasteiger partial charge in [-0.15, -0.1) is 0 Å². The zero-order chi connectivity index (χ0) is 14.0. The first-order valence-corrected chi connectivity index (χ1v) is 6.70. The second-order valence-corrected chi connectivity index (χ2v) is 5.44. The lowest BCUT2D eigenvalue weighted by Crippen LogP contribution is -2.14. The van der Waals surface area contributed by atoms with Gasteiger partial charge in [0.1, 0.15) is 16.5 Å². The van der Waals surface area contributed by atoms with E-state index >= 15 is 0 Å². The number of sulfonamides is 1. The second-order valence-electron chi connectivity index (χ2n) is 3.42. The zero-order valence-corrected chi connectivity index (χ0v) is 10.7. The molecule has 0 aliphatic carbocycles. The van der Waals surface area contributed by atoms with Crippen molar-refractivity contribution >= 4 is 27.3 Å². The third-order valence-electron chi connectivity index (χ3n) is 2.08. The van der Waals surface area contributed by atoms with Crippen LogP contribution in [-0.2, 0) is 10.0 Å². The standard InChI is InChI=1S/C10H6ClF2N3O2S/c11-10-14-4-7(5-15-10)19(17,18)16-9-3-6(12)1-2-8(9)13/h1-5,16H. The second kappa shape index (κ2) is 5.06. The highest BCUT2D eigenvalue weighted by Crippen LogP contribution is 2.19. The minimum absolute atomic E-state index is 0.129. The van der Waals surface area contributed by atoms with Crippen LogP contribution in [0.15, 0.2) is 35.5 Å². The lowest BCUT2D eigenvalue weighted by atomic mass is 10.3. The van der Waals surface area contributed by atoms with Gasteiger partial charge in [0.2, 0.25) is 5.28 Å². The number of benzene rings is 1. The molecule has 0 bridgehead atoms. The van der Waals surface area contributed by atoms with Crippen LogP contribution >= 0.6 is 11.6 Å². The minimum Gasteiger partial charge on any atom is -0.276 e. The quantitative estimate of drug-likeness (QED) is 0.883. The van der Waals surface area contributed by atoms with E-state index in [2.05, 4.69) is 9.97 Å². The first kappa shape index (κ1) is 13.6. The summed E-state index contributed by atoms with van der Waals surface area (Å²) in [4.78, 5) is 6.67. The summed E-state index contributed by atoms with van der Waals surface area (Å²) in [5, 5.41) is -0.129. The molecular weight excluding hydrogens is 300 g/mol. The van der Waals surface area contributed by atoms with Crippen molar-refractivity contribution in [2.45, 2.75) is 4.90 Å². The van der Waals surface area contributed by atoms with Crippen LogP contribution in [0.25, 0.3) is 0 Å². The van der Waals surface area contributed by atoms with Crippen LogP contribution in [-0.4, -0.2) is 18.4 Å². The van der Waals surface area contributed by atoms with Crippen LogP contribution in [0.3, 0.4) is 0 Å². The van der Waals surface area contributed by atoms with E-state index in [-0.39, 0.29) is 10.2 Å². The molecule has 0 aliphatic rings. The van der Waals surface area contributed by atoms with E-state index in [1.165, 1.54) is 0 Å². The Morgan fingerprint density at radius 1 is 1.16 bits per heavy atom. The number of aromatic nitrogens is 2. The van der Waals surface area contributed by atoms with Gasteiger partial charge in [0.15, 0.2) is 0 Å².